The number of rotatable bonds is 6. The number of nitrogens with two attached hydrogens (primary N) is 1. The van der Waals surface area contributed by atoms with E-state index in [1.165, 1.54) is 12.1 Å². The number of nitro groups is 1. The molecule has 2 N–H and O–H groups in total. The first-order valence-electron chi connectivity index (χ1n) is 5.77. The van der Waals surface area contributed by atoms with Crippen molar-refractivity contribution in [2.24, 2.45) is 0 Å². The van der Waals surface area contributed by atoms with Gasteiger partial charge in [0.15, 0.2) is 0 Å². The molecular formula is C12H16N2O4. The molecule has 0 fully saturated rings. The molecule has 0 atom stereocenters. The lowest BCUT2D eigenvalue weighted by Crippen LogP contribution is -2.09. The summed E-state index contributed by atoms with van der Waals surface area (Å²) in [7, 11) is 0. The second kappa shape index (κ2) is 6.58. The Hall–Kier alpha value is -2.11. The molecule has 6 nitrogen and oxygen atoms in total. The Bertz CT molecular complexity index is 446. The van der Waals surface area contributed by atoms with E-state index in [1.54, 1.807) is 0 Å². The van der Waals surface area contributed by atoms with Gasteiger partial charge in [-0.05, 0) is 12.5 Å². The Morgan fingerprint density at radius 2 is 2.17 bits per heavy atom. The summed E-state index contributed by atoms with van der Waals surface area (Å²) in [6.45, 7) is 2.39. The Labute approximate surface area is 105 Å². The van der Waals surface area contributed by atoms with Crippen LogP contribution in [0.5, 0.6) is 0 Å². The van der Waals surface area contributed by atoms with Crippen molar-refractivity contribution in [1.29, 1.82) is 0 Å². The molecule has 1 aromatic rings. The van der Waals surface area contributed by atoms with E-state index in [4.69, 9.17) is 10.5 Å². The lowest BCUT2D eigenvalue weighted by Gasteiger charge is -2.06. The summed E-state index contributed by atoms with van der Waals surface area (Å²) >= 11 is 0. The number of anilines is 1. The summed E-state index contributed by atoms with van der Waals surface area (Å²) in [5.41, 5.74) is 5.67. The van der Waals surface area contributed by atoms with Gasteiger partial charge in [-0.15, -0.1) is 0 Å². The lowest BCUT2D eigenvalue weighted by molar-refractivity contribution is -0.384. The van der Waals surface area contributed by atoms with Gasteiger partial charge in [0.25, 0.3) is 5.69 Å². The summed E-state index contributed by atoms with van der Waals surface area (Å²) in [6, 6.07) is 3.71. The van der Waals surface area contributed by atoms with E-state index in [0.29, 0.717) is 6.61 Å². The molecule has 0 unspecified atom stereocenters. The van der Waals surface area contributed by atoms with Gasteiger partial charge in [0.1, 0.15) is 0 Å². The van der Waals surface area contributed by atoms with Crippen LogP contribution in [0.3, 0.4) is 0 Å². The van der Waals surface area contributed by atoms with Crippen LogP contribution in [-0.4, -0.2) is 17.5 Å². The first-order valence-corrected chi connectivity index (χ1v) is 5.77. The van der Waals surface area contributed by atoms with Crippen molar-refractivity contribution >= 4 is 17.3 Å². The van der Waals surface area contributed by atoms with Crippen molar-refractivity contribution in [3.8, 4) is 0 Å². The number of esters is 1. The van der Waals surface area contributed by atoms with Gasteiger partial charge >= 0.3 is 5.97 Å². The second-order valence-electron chi connectivity index (χ2n) is 3.87. The standard InChI is InChI=1S/C12H16N2O4/c1-2-3-4-7-18-12(15)10-6-5-9(14(16)17)8-11(10)13/h5-6,8H,2-4,7,13H2,1H3. The van der Waals surface area contributed by atoms with Crippen LogP contribution in [0.2, 0.25) is 0 Å². The van der Waals surface area contributed by atoms with Crippen molar-refractivity contribution in [3.05, 3.63) is 33.9 Å². The minimum absolute atomic E-state index is 0.0599. The monoisotopic (exact) mass is 252 g/mol. The van der Waals surface area contributed by atoms with Crippen molar-refractivity contribution in [2.75, 3.05) is 12.3 Å². The van der Waals surface area contributed by atoms with Crippen LogP contribution in [0.15, 0.2) is 18.2 Å². The van der Waals surface area contributed by atoms with Crippen molar-refractivity contribution in [1.82, 2.24) is 0 Å². The summed E-state index contributed by atoms with van der Waals surface area (Å²) in [4.78, 5) is 21.6. The van der Waals surface area contributed by atoms with Gasteiger partial charge in [0, 0.05) is 12.1 Å². The second-order valence-corrected chi connectivity index (χ2v) is 3.87. The number of carbonyl (C=O) groups excluding carboxylic acids is 1. The van der Waals surface area contributed by atoms with Crippen molar-refractivity contribution < 1.29 is 14.5 Å². The highest BCUT2D eigenvalue weighted by molar-refractivity contribution is 5.95. The Morgan fingerprint density at radius 1 is 1.44 bits per heavy atom. The van der Waals surface area contributed by atoms with E-state index in [-0.39, 0.29) is 16.9 Å². The fourth-order valence-corrected chi connectivity index (χ4v) is 1.44. The average Bonchev–Trinajstić information content (AvgIpc) is 2.34. The predicted molar refractivity (Wildman–Crippen MR) is 67.3 cm³/mol. The third kappa shape index (κ3) is 3.73. The molecule has 0 heterocycles. The van der Waals surface area contributed by atoms with Crippen LogP contribution >= 0.6 is 0 Å². The fourth-order valence-electron chi connectivity index (χ4n) is 1.44. The molecule has 0 radical (unpaired) electrons. The largest absolute Gasteiger partial charge is 0.462 e. The van der Waals surface area contributed by atoms with Gasteiger partial charge in [-0.2, -0.15) is 0 Å². The van der Waals surface area contributed by atoms with Crippen LogP contribution in [0.25, 0.3) is 0 Å². The summed E-state index contributed by atoms with van der Waals surface area (Å²) in [5, 5.41) is 10.5. The van der Waals surface area contributed by atoms with E-state index in [0.717, 1.165) is 25.3 Å². The fraction of sp³-hybridized carbons (Fsp3) is 0.417. The SMILES string of the molecule is CCCCCOC(=O)c1ccc([N+](=O)[O-])cc1N. The molecule has 0 bridgehead atoms. The van der Waals surface area contributed by atoms with Crippen LogP contribution in [0.4, 0.5) is 11.4 Å². The van der Waals surface area contributed by atoms with Crippen molar-refractivity contribution in [3.63, 3.8) is 0 Å². The smallest absolute Gasteiger partial charge is 0.340 e. The van der Waals surface area contributed by atoms with Gasteiger partial charge in [0.2, 0.25) is 0 Å². The Morgan fingerprint density at radius 3 is 2.72 bits per heavy atom. The number of nitrogen functional groups attached to an aromatic ring is 1. The number of unbranched alkanes of at least 4 members (excludes halogenated alkanes) is 2. The number of ether oxygens (including phenoxy) is 1. The van der Waals surface area contributed by atoms with E-state index in [1.807, 2.05) is 0 Å². The third-order valence-electron chi connectivity index (χ3n) is 2.45. The molecule has 0 saturated heterocycles. The number of non-ortho nitro benzene ring substituents is 1. The third-order valence-corrected chi connectivity index (χ3v) is 2.45. The normalized spacial score (nSPS) is 10.1. The zero-order chi connectivity index (χ0) is 13.5. The maximum atomic E-state index is 11.6. The number of carbonyl (C=O) groups is 1. The minimum atomic E-state index is -0.563. The van der Waals surface area contributed by atoms with E-state index < -0.39 is 10.9 Å². The molecule has 1 rings (SSSR count). The van der Waals surface area contributed by atoms with Crippen LogP contribution in [0.1, 0.15) is 36.5 Å². The van der Waals surface area contributed by atoms with E-state index in [9.17, 15) is 14.9 Å². The lowest BCUT2D eigenvalue weighted by atomic mass is 10.1. The number of nitrogens with zero attached hydrogens (tertiary/aromatic N) is 1. The molecule has 1 aromatic carbocycles. The molecule has 98 valence electrons. The molecular weight excluding hydrogens is 236 g/mol. The topological polar surface area (TPSA) is 95.5 Å². The predicted octanol–water partition coefficient (Wildman–Crippen LogP) is 2.52. The molecule has 0 aliphatic heterocycles. The summed E-state index contributed by atoms with van der Waals surface area (Å²) in [6.07, 6.45) is 2.83. The first-order chi connectivity index (χ1) is 8.56. The van der Waals surface area contributed by atoms with Crippen LogP contribution in [0, 0.1) is 10.1 Å². The maximum Gasteiger partial charge on any atom is 0.340 e. The zero-order valence-electron chi connectivity index (χ0n) is 10.2. The summed E-state index contributed by atoms with van der Waals surface area (Å²) < 4.78 is 5.02. The molecule has 0 aliphatic rings. The summed E-state index contributed by atoms with van der Waals surface area (Å²) in [5.74, 6) is -0.543. The van der Waals surface area contributed by atoms with Gasteiger partial charge in [-0.3, -0.25) is 10.1 Å². The number of nitro benzene ring substituents is 1. The van der Waals surface area contributed by atoms with Gasteiger partial charge in [-0.1, -0.05) is 19.8 Å². The van der Waals surface area contributed by atoms with Gasteiger partial charge in [-0.25, -0.2) is 4.79 Å². The molecule has 0 spiro atoms. The van der Waals surface area contributed by atoms with E-state index >= 15 is 0 Å². The molecule has 0 aromatic heterocycles. The number of hydrogen-bond donors (Lipinski definition) is 1. The highest BCUT2D eigenvalue weighted by Gasteiger charge is 2.15. The van der Waals surface area contributed by atoms with Gasteiger partial charge < -0.3 is 10.5 Å². The minimum Gasteiger partial charge on any atom is -0.462 e. The molecule has 0 saturated carbocycles. The number of hydrogen-bond acceptors (Lipinski definition) is 5. The average molecular weight is 252 g/mol. The number of benzene rings is 1. The molecule has 18 heavy (non-hydrogen) atoms. The van der Waals surface area contributed by atoms with E-state index in [2.05, 4.69) is 6.92 Å². The first kappa shape index (κ1) is 14.0. The Balaban J connectivity index is 2.66. The Kier molecular flexibility index (Phi) is 5.10. The van der Waals surface area contributed by atoms with Crippen LogP contribution in [-0.2, 0) is 4.74 Å². The maximum absolute atomic E-state index is 11.6. The van der Waals surface area contributed by atoms with Crippen molar-refractivity contribution in [2.45, 2.75) is 26.2 Å². The van der Waals surface area contributed by atoms with Gasteiger partial charge in [0.05, 0.1) is 22.8 Å². The zero-order valence-corrected chi connectivity index (χ0v) is 10.2. The molecule has 0 amide bonds. The molecule has 6 heteroatoms. The molecule has 0 aliphatic carbocycles. The quantitative estimate of drug-likeness (QED) is 0.276. The van der Waals surface area contributed by atoms with Crippen LogP contribution < -0.4 is 5.73 Å². The highest BCUT2D eigenvalue weighted by atomic mass is 16.6. The highest BCUT2D eigenvalue weighted by Crippen LogP contribution is 2.20.